The minimum Gasteiger partial charge on any atom is -0.409 e. The lowest BCUT2D eigenvalue weighted by atomic mass is 10.1. The normalized spacial score (nSPS) is 13.2. The van der Waals surface area contributed by atoms with Gasteiger partial charge in [0.2, 0.25) is 0 Å². The Hall–Kier alpha value is -1.63. The standard InChI is InChI=1S/C12H15BrFN3O2/c1-7(11(15)16-19)6-17(2)12(18)10-8(13)4-3-5-9(10)14/h3-5,7,19H,6H2,1-2H3,(H2,15,16). The van der Waals surface area contributed by atoms with E-state index in [1.807, 2.05) is 0 Å². The van der Waals surface area contributed by atoms with Gasteiger partial charge in [0.25, 0.3) is 5.91 Å². The van der Waals surface area contributed by atoms with Crippen LogP contribution in [0.25, 0.3) is 0 Å². The van der Waals surface area contributed by atoms with Gasteiger partial charge in [-0.2, -0.15) is 0 Å². The summed E-state index contributed by atoms with van der Waals surface area (Å²) in [5.74, 6) is -1.37. The smallest absolute Gasteiger partial charge is 0.257 e. The molecule has 0 aliphatic rings. The van der Waals surface area contributed by atoms with Crippen LogP contribution < -0.4 is 5.73 Å². The topological polar surface area (TPSA) is 78.9 Å². The molecule has 1 aromatic rings. The van der Waals surface area contributed by atoms with Gasteiger partial charge in [-0.1, -0.05) is 18.1 Å². The number of halogens is 2. The van der Waals surface area contributed by atoms with E-state index >= 15 is 0 Å². The zero-order chi connectivity index (χ0) is 14.6. The molecule has 0 saturated carbocycles. The lowest BCUT2D eigenvalue weighted by Crippen LogP contribution is -2.36. The summed E-state index contributed by atoms with van der Waals surface area (Å²) in [5, 5.41) is 11.4. The molecule has 0 spiro atoms. The summed E-state index contributed by atoms with van der Waals surface area (Å²) in [6.07, 6.45) is 0. The number of amidine groups is 1. The van der Waals surface area contributed by atoms with Crippen molar-refractivity contribution in [3.8, 4) is 0 Å². The van der Waals surface area contributed by atoms with Crippen molar-refractivity contribution in [1.82, 2.24) is 4.90 Å². The number of rotatable bonds is 4. The van der Waals surface area contributed by atoms with Gasteiger partial charge in [-0.3, -0.25) is 4.79 Å². The van der Waals surface area contributed by atoms with Gasteiger partial charge in [-0.05, 0) is 28.1 Å². The summed E-state index contributed by atoms with van der Waals surface area (Å²) >= 11 is 3.15. The molecule has 0 fully saturated rings. The Balaban J connectivity index is 2.89. The van der Waals surface area contributed by atoms with Crippen molar-refractivity contribution in [1.29, 1.82) is 0 Å². The summed E-state index contributed by atoms with van der Waals surface area (Å²) in [7, 11) is 1.53. The lowest BCUT2D eigenvalue weighted by Gasteiger charge is -2.21. The van der Waals surface area contributed by atoms with Crippen LogP contribution in [0.5, 0.6) is 0 Å². The molecular formula is C12H15BrFN3O2. The molecule has 5 nitrogen and oxygen atoms in total. The van der Waals surface area contributed by atoms with Gasteiger partial charge in [0.05, 0.1) is 5.56 Å². The molecule has 0 aliphatic heterocycles. The number of oxime groups is 1. The molecule has 0 heterocycles. The number of carbonyl (C=O) groups excluding carboxylic acids is 1. The van der Waals surface area contributed by atoms with E-state index in [2.05, 4.69) is 21.1 Å². The van der Waals surface area contributed by atoms with Crippen molar-refractivity contribution >= 4 is 27.7 Å². The SMILES string of the molecule is CC(CN(C)C(=O)c1c(F)cccc1Br)/C(N)=N/O. The first-order valence-electron chi connectivity index (χ1n) is 5.55. The van der Waals surface area contributed by atoms with E-state index < -0.39 is 11.7 Å². The Bertz CT molecular complexity index is 487. The number of nitrogens with two attached hydrogens (primary N) is 1. The summed E-state index contributed by atoms with van der Waals surface area (Å²) in [5.41, 5.74) is 5.41. The van der Waals surface area contributed by atoms with Crippen molar-refractivity contribution < 1.29 is 14.4 Å². The van der Waals surface area contributed by atoms with Crippen molar-refractivity contribution in [2.45, 2.75) is 6.92 Å². The summed E-state index contributed by atoms with van der Waals surface area (Å²) in [6, 6.07) is 4.32. The molecule has 1 atom stereocenters. The minimum absolute atomic E-state index is 0.0206. The number of hydrogen-bond donors (Lipinski definition) is 2. The van der Waals surface area contributed by atoms with Crippen molar-refractivity contribution in [3.05, 3.63) is 34.1 Å². The van der Waals surface area contributed by atoms with Crippen LogP contribution >= 0.6 is 15.9 Å². The summed E-state index contributed by atoms with van der Waals surface area (Å²) in [4.78, 5) is 13.5. The molecule has 0 aromatic heterocycles. The van der Waals surface area contributed by atoms with Gasteiger partial charge in [0.1, 0.15) is 11.7 Å². The summed E-state index contributed by atoms with van der Waals surface area (Å²) in [6.45, 7) is 1.92. The Kier molecular flexibility index (Phi) is 5.29. The second-order valence-electron chi connectivity index (χ2n) is 4.21. The first kappa shape index (κ1) is 15.4. The second-order valence-corrected chi connectivity index (χ2v) is 5.06. The molecule has 104 valence electrons. The average Bonchev–Trinajstić information content (AvgIpc) is 2.37. The third kappa shape index (κ3) is 3.66. The number of carbonyl (C=O) groups is 1. The predicted molar refractivity (Wildman–Crippen MR) is 73.6 cm³/mol. The van der Waals surface area contributed by atoms with E-state index in [0.717, 1.165) is 0 Å². The van der Waals surface area contributed by atoms with Crippen molar-refractivity contribution in [3.63, 3.8) is 0 Å². The van der Waals surface area contributed by atoms with Crippen LogP contribution in [0.2, 0.25) is 0 Å². The van der Waals surface area contributed by atoms with E-state index in [4.69, 9.17) is 10.9 Å². The molecule has 1 rings (SSSR count). The van der Waals surface area contributed by atoms with Crippen LogP contribution in [0.3, 0.4) is 0 Å². The van der Waals surface area contributed by atoms with Gasteiger partial charge in [-0.15, -0.1) is 0 Å². The average molecular weight is 332 g/mol. The third-order valence-electron chi connectivity index (χ3n) is 2.69. The maximum absolute atomic E-state index is 13.7. The van der Waals surface area contributed by atoms with Crippen LogP contribution in [-0.4, -0.2) is 35.4 Å². The molecule has 1 unspecified atom stereocenters. The van der Waals surface area contributed by atoms with E-state index in [0.29, 0.717) is 4.47 Å². The first-order valence-corrected chi connectivity index (χ1v) is 6.34. The fraction of sp³-hybridized carbons (Fsp3) is 0.333. The Morgan fingerprint density at radius 1 is 1.63 bits per heavy atom. The maximum atomic E-state index is 13.7. The lowest BCUT2D eigenvalue weighted by molar-refractivity contribution is 0.0780. The van der Waals surface area contributed by atoms with E-state index in [-0.39, 0.29) is 23.9 Å². The molecule has 3 N–H and O–H groups in total. The van der Waals surface area contributed by atoms with Gasteiger partial charge in [0, 0.05) is 24.0 Å². The highest BCUT2D eigenvalue weighted by Crippen LogP contribution is 2.21. The first-order chi connectivity index (χ1) is 8.88. The molecule has 0 aliphatic carbocycles. The molecule has 0 bridgehead atoms. The highest BCUT2D eigenvalue weighted by molar-refractivity contribution is 9.10. The number of benzene rings is 1. The quantitative estimate of drug-likeness (QED) is 0.383. The molecule has 1 amide bonds. The number of amides is 1. The Morgan fingerprint density at radius 3 is 2.79 bits per heavy atom. The zero-order valence-electron chi connectivity index (χ0n) is 10.6. The fourth-order valence-electron chi connectivity index (χ4n) is 1.58. The Morgan fingerprint density at radius 2 is 2.26 bits per heavy atom. The van der Waals surface area contributed by atoms with E-state index in [1.165, 1.54) is 24.1 Å². The molecule has 0 saturated heterocycles. The molecule has 19 heavy (non-hydrogen) atoms. The highest BCUT2D eigenvalue weighted by atomic mass is 79.9. The van der Waals surface area contributed by atoms with Gasteiger partial charge in [0.15, 0.2) is 0 Å². The van der Waals surface area contributed by atoms with E-state index in [9.17, 15) is 9.18 Å². The molecule has 7 heteroatoms. The molecule has 1 aromatic carbocycles. The monoisotopic (exact) mass is 331 g/mol. The maximum Gasteiger partial charge on any atom is 0.257 e. The van der Waals surface area contributed by atoms with E-state index in [1.54, 1.807) is 13.0 Å². The van der Waals surface area contributed by atoms with Crippen LogP contribution in [0, 0.1) is 11.7 Å². The summed E-state index contributed by atoms with van der Waals surface area (Å²) < 4.78 is 14.0. The number of hydrogen-bond acceptors (Lipinski definition) is 3. The van der Waals surface area contributed by atoms with Gasteiger partial charge >= 0.3 is 0 Å². The number of nitrogens with zero attached hydrogens (tertiary/aromatic N) is 2. The Labute approximate surface area is 119 Å². The van der Waals surface area contributed by atoms with Crippen LogP contribution in [0.4, 0.5) is 4.39 Å². The largest absolute Gasteiger partial charge is 0.409 e. The van der Waals surface area contributed by atoms with Gasteiger partial charge in [-0.25, -0.2) is 4.39 Å². The second kappa shape index (κ2) is 6.51. The van der Waals surface area contributed by atoms with Crippen molar-refractivity contribution in [2.24, 2.45) is 16.8 Å². The van der Waals surface area contributed by atoms with Crippen LogP contribution in [0.15, 0.2) is 27.8 Å². The van der Waals surface area contributed by atoms with Crippen LogP contribution in [0.1, 0.15) is 17.3 Å². The van der Waals surface area contributed by atoms with Crippen molar-refractivity contribution in [2.75, 3.05) is 13.6 Å². The highest BCUT2D eigenvalue weighted by Gasteiger charge is 2.21. The predicted octanol–water partition coefficient (Wildman–Crippen LogP) is 2.04. The molecular weight excluding hydrogens is 317 g/mol. The molecule has 0 radical (unpaired) electrons. The minimum atomic E-state index is -0.595. The third-order valence-corrected chi connectivity index (χ3v) is 3.35. The fourth-order valence-corrected chi connectivity index (χ4v) is 2.09. The van der Waals surface area contributed by atoms with Crippen LogP contribution in [-0.2, 0) is 0 Å². The zero-order valence-corrected chi connectivity index (χ0v) is 12.2. The van der Waals surface area contributed by atoms with Gasteiger partial charge < -0.3 is 15.8 Å².